The molecule has 4 heteroatoms. The molecule has 0 saturated carbocycles. The van der Waals surface area contributed by atoms with E-state index in [1.165, 1.54) is 12.1 Å². The summed E-state index contributed by atoms with van der Waals surface area (Å²) >= 11 is 5.67. The second-order valence-electron chi connectivity index (χ2n) is 4.19. The van der Waals surface area contributed by atoms with Crippen LogP contribution in [0, 0.1) is 12.7 Å². The monoisotopic (exact) mass is 264 g/mol. The number of hydrogen-bond acceptors (Lipinski definition) is 2. The molecule has 1 unspecified atom stereocenters. The molecule has 0 fully saturated rings. The summed E-state index contributed by atoms with van der Waals surface area (Å²) in [5.41, 5.74) is 5.55. The molecule has 0 bridgehead atoms. The first-order chi connectivity index (χ1) is 8.61. The van der Waals surface area contributed by atoms with Crippen LogP contribution in [0.25, 0.3) is 0 Å². The first kappa shape index (κ1) is 13.0. The molecule has 0 amide bonds. The molecule has 0 aliphatic carbocycles. The van der Waals surface area contributed by atoms with Crippen LogP contribution in [0.1, 0.15) is 22.7 Å². The zero-order valence-corrected chi connectivity index (χ0v) is 10.7. The van der Waals surface area contributed by atoms with Crippen molar-refractivity contribution in [1.29, 1.82) is 0 Å². The number of nitrogens with one attached hydrogen (secondary N) is 1. The van der Waals surface area contributed by atoms with E-state index in [0.717, 1.165) is 16.7 Å². The van der Waals surface area contributed by atoms with Crippen LogP contribution in [-0.2, 0) is 0 Å². The maximum atomic E-state index is 13.5. The predicted molar refractivity (Wildman–Crippen MR) is 71.8 cm³/mol. The van der Waals surface area contributed by atoms with Crippen molar-refractivity contribution < 1.29 is 4.39 Å². The van der Waals surface area contributed by atoms with E-state index < -0.39 is 5.82 Å². The molecule has 3 N–H and O–H groups in total. The van der Waals surface area contributed by atoms with Gasteiger partial charge in [0.15, 0.2) is 0 Å². The first-order valence-corrected chi connectivity index (χ1v) is 5.97. The van der Waals surface area contributed by atoms with Crippen LogP contribution in [-0.4, -0.2) is 0 Å². The number of hydrazine groups is 1. The first-order valence-electron chi connectivity index (χ1n) is 5.59. The minimum Gasteiger partial charge on any atom is -0.271 e. The third-order valence-electron chi connectivity index (χ3n) is 2.82. The number of aryl methyl sites for hydroxylation is 1. The Morgan fingerprint density at radius 1 is 1.17 bits per heavy atom. The van der Waals surface area contributed by atoms with Gasteiger partial charge in [0, 0.05) is 0 Å². The van der Waals surface area contributed by atoms with Gasteiger partial charge in [0.2, 0.25) is 0 Å². The average Bonchev–Trinajstić information content (AvgIpc) is 2.35. The van der Waals surface area contributed by atoms with Crippen molar-refractivity contribution in [2.75, 3.05) is 0 Å². The molecule has 18 heavy (non-hydrogen) atoms. The lowest BCUT2D eigenvalue weighted by atomic mass is 9.98. The zero-order valence-electron chi connectivity index (χ0n) is 9.95. The van der Waals surface area contributed by atoms with Gasteiger partial charge in [-0.3, -0.25) is 5.84 Å². The van der Waals surface area contributed by atoms with Gasteiger partial charge in [-0.25, -0.2) is 9.82 Å². The zero-order chi connectivity index (χ0) is 13.1. The smallest absolute Gasteiger partial charge is 0.142 e. The van der Waals surface area contributed by atoms with E-state index in [9.17, 15) is 4.39 Å². The molecule has 2 aromatic carbocycles. The van der Waals surface area contributed by atoms with Gasteiger partial charge in [-0.05, 0) is 30.2 Å². The lowest BCUT2D eigenvalue weighted by Crippen LogP contribution is -2.28. The van der Waals surface area contributed by atoms with Gasteiger partial charge in [0.1, 0.15) is 5.82 Å². The highest BCUT2D eigenvalue weighted by Gasteiger charge is 2.14. The molecular weight excluding hydrogens is 251 g/mol. The summed E-state index contributed by atoms with van der Waals surface area (Å²) in [4.78, 5) is 0. The highest BCUT2D eigenvalue weighted by atomic mass is 35.5. The number of benzene rings is 2. The van der Waals surface area contributed by atoms with E-state index in [-0.39, 0.29) is 11.1 Å². The van der Waals surface area contributed by atoms with Crippen LogP contribution in [0.3, 0.4) is 0 Å². The SMILES string of the molecule is Cc1cccc(C(NN)c2ccc(Cl)c(F)c2)c1. The lowest BCUT2D eigenvalue weighted by Gasteiger charge is -2.17. The molecule has 1 atom stereocenters. The summed E-state index contributed by atoms with van der Waals surface area (Å²) in [6, 6.07) is 12.3. The van der Waals surface area contributed by atoms with Crippen LogP contribution < -0.4 is 11.3 Å². The van der Waals surface area contributed by atoms with Crippen LogP contribution in [0.5, 0.6) is 0 Å². The fourth-order valence-corrected chi connectivity index (χ4v) is 2.04. The van der Waals surface area contributed by atoms with Crippen LogP contribution in [0.4, 0.5) is 4.39 Å². The van der Waals surface area contributed by atoms with Gasteiger partial charge < -0.3 is 0 Å². The van der Waals surface area contributed by atoms with E-state index in [1.54, 1.807) is 6.07 Å². The van der Waals surface area contributed by atoms with Crippen molar-refractivity contribution in [3.63, 3.8) is 0 Å². The van der Waals surface area contributed by atoms with Crippen molar-refractivity contribution in [2.45, 2.75) is 13.0 Å². The van der Waals surface area contributed by atoms with E-state index in [4.69, 9.17) is 17.4 Å². The largest absolute Gasteiger partial charge is 0.271 e. The molecule has 0 aliphatic rings. The molecule has 2 rings (SSSR count). The Morgan fingerprint density at radius 3 is 2.50 bits per heavy atom. The van der Waals surface area contributed by atoms with Crippen molar-refractivity contribution in [2.24, 2.45) is 5.84 Å². The van der Waals surface area contributed by atoms with Gasteiger partial charge in [-0.2, -0.15) is 0 Å². The normalized spacial score (nSPS) is 12.4. The highest BCUT2D eigenvalue weighted by Crippen LogP contribution is 2.25. The molecule has 0 spiro atoms. The van der Waals surface area contributed by atoms with Crippen LogP contribution >= 0.6 is 11.6 Å². The van der Waals surface area contributed by atoms with E-state index in [0.29, 0.717) is 0 Å². The average molecular weight is 265 g/mol. The maximum absolute atomic E-state index is 13.5. The Morgan fingerprint density at radius 2 is 1.89 bits per heavy atom. The molecule has 0 aromatic heterocycles. The molecule has 0 heterocycles. The Labute approximate surface area is 111 Å². The number of hydrogen-bond donors (Lipinski definition) is 2. The van der Waals surface area contributed by atoms with Crippen molar-refractivity contribution in [1.82, 2.24) is 5.43 Å². The summed E-state index contributed by atoms with van der Waals surface area (Å²) < 4.78 is 13.5. The van der Waals surface area contributed by atoms with Gasteiger partial charge >= 0.3 is 0 Å². The molecular formula is C14H14ClFN2. The van der Waals surface area contributed by atoms with Gasteiger partial charge in [0.05, 0.1) is 11.1 Å². The fraction of sp³-hybridized carbons (Fsp3) is 0.143. The van der Waals surface area contributed by atoms with E-state index in [2.05, 4.69) is 5.43 Å². The molecule has 2 aromatic rings. The highest BCUT2D eigenvalue weighted by molar-refractivity contribution is 6.30. The maximum Gasteiger partial charge on any atom is 0.142 e. The van der Waals surface area contributed by atoms with E-state index >= 15 is 0 Å². The van der Waals surface area contributed by atoms with Crippen molar-refractivity contribution >= 4 is 11.6 Å². The molecule has 0 radical (unpaired) electrons. The molecule has 0 saturated heterocycles. The molecule has 2 nitrogen and oxygen atoms in total. The lowest BCUT2D eigenvalue weighted by molar-refractivity contribution is 0.605. The minimum atomic E-state index is -0.443. The topological polar surface area (TPSA) is 38.0 Å². The Balaban J connectivity index is 2.42. The van der Waals surface area contributed by atoms with Gasteiger partial charge in [-0.1, -0.05) is 47.5 Å². The summed E-state index contributed by atoms with van der Waals surface area (Å²) in [6.45, 7) is 2.00. The quantitative estimate of drug-likeness (QED) is 0.659. The Kier molecular flexibility index (Phi) is 3.97. The summed E-state index contributed by atoms with van der Waals surface area (Å²) in [5.74, 6) is 5.13. The van der Waals surface area contributed by atoms with Crippen molar-refractivity contribution in [3.05, 3.63) is 70.0 Å². The Bertz CT molecular complexity index is 557. The third-order valence-corrected chi connectivity index (χ3v) is 3.13. The summed E-state index contributed by atoms with van der Waals surface area (Å²) in [5, 5.41) is 0.110. The standard InChI is InChI=1S/C14H14ClFN2/c1-9-3-2-4-10(7-9)14(18-17)11-5-6-12(15)13(16)8-11/h2-8,14,18H,17H2,1H3. The molecule has 0 aliphatic heterocycles. The van der Waals surface area contributed by atoms with Crippen LogP contribution in [0.15, 0.2) is 42.5 Å². The van der Waals surface area contributed by atoms with Crippen LogP contribution in [0.2, 0.25) is 5.02 Å². The number of rotatable bonds is 3. The third kappa shape index (κ3) is 2.70. The fourth-order valence-electron chi connectivity index (χ4n) is 1.93. The number of nitrogens with two attached hydrogens (primary N) is 1. The summed E-state index contributed by atoms with van der Waals surface area (Å²) in [7, 11) is 0. The minimum absolute atomic E-state index is 0.110. The Hall–Kier alpha value is -1.42. The van der Waals surface area contributed by atoms with E-state index in [1.807, 2.05) is 31.2 Å². The predicted octanol–water partition coefficient (Wildman–Crippen LogP) is 3.34. The number of halogens is 2. The van der Waals surface area contributed by atoms with Gasteiger partial charge in [0.25, 0.3) is 0 Å². The molecule has 94 valence electrons. The second kappa shape index (κ2) is 5.48. The summed E-state index contributed by atoms with van der Waals surface area (Å²) in [6.07, 6.45) is 0. The van der Waals surface area contributed by atoms with Crippen molar-refractivity contribution in [3.8, 4) is 0 Å². The second-order valence-corrected chi connectivity index (χ2v) is 4.59. The van der Waals surface area contributed by atoms with Gasteiger partial charge in [-0.15, -0.1) is 0 Å².